The zero-order valence-corrected chi connectivity index (χ0v) is 12.7. The van der Waals surface area contributed by atoms with E-state index in [9.17, 15) is 0 Å². The zero-order chi connectivity index (χ0) is 14.9. The molecular formula is C14H9ClN6S. The molecule has 0 amide bonds. The molecule has 0 N–H and O–H groups in total. The minimum absolute atomic E-state index is 0.589. The summed E-state index contributed by atoms with van der Waals surface area (Å²) in [7, 11) is 0. The molecule has 22 heavy (non-hydrogen) atoms. The van der Waals surface area contributed by atoms with Gasteiger partial charge in [0.25, 0.3) is 0 Å². The van der Waals surface area contributed by atoms with Crippen LogP contribution in [0, 0.1) is 0 Å². The Labute approximate surface area is 134 Å². The highest BCUT2D eigenvalue weighted by Gasteiger charge is 2.11. The molecule has 0 saturated carbocycles. The van der Waals surface area contributed by atoms with Gasteiger partial charge in [-0.15, -0.1) is 0 Å². The minimum Gasteiger partial charge on any atom is -0.300 e. The summed E-state index contributed by atoms with van der Waals surface area (Å²) in [4.78, 5) is 8.33. The largest absolute Gasteiger partial charge is 0.300 e. The van der Waals surface area contributed by atoms with E-state index in [1.54, 1.807) is 23.4 Å². The molecular weight excluding hydrogens is 320 g/mol. The lowest BCUT2D eigenvalue weighted by Gasteiger charge is -2.09. The summed E-state index contributed by atoms with van der Waals surface area (Å²) in [6.45, 7) is 0. The maximum atomic E-state index is 6.38. The van der Waals surface area contributed by atoms with Crippen molar-refractivity contribution < 1.29 is 0 Å². The van der Waals surface area contributed by atoms with Crippen molar-refractivity contribution in [2.45, 2.75) is 0 Å². The third-order valence-electron chi connectivity index (χ3n) is 3.21. The molecule has 0 bridgehead atoms. The molecule has 6 nitrogen and oxygen atoms in total. The Kier molecular flexibility index (Phi) is 3.21. The van der Waals surface area contributed by atoms with E-state index in [2.05, 4.69) is 19.4 Å². The van der Waals surface area contributed by atoms with Gasteiger partial charge in [-0.25, -0.2) is 19.0 Å². The summed E-state index contributed by atoms with van der Waals surface area (Å²) in [5.74, 6) is 0.832. The fourth-order valence-electron chi connectivity index (χ4n) is 2.20. The van der Waals surface area contributed by atoms with Crippen LogP contribution in [0.25, 0.3) is 22.8 Å². The number of rotatable bonds is 3. The van der Waals surface area contributed by atoms with Crippen LogP contribution < -0.4 is 0 Å². The number of benzene rings is 1. The number of nitrogens with zero attached hydrogens (tertiary/aromatic N) is 6. The van der Waals surface area contributed by atoms with Crippen molar-refractivity contribution in [3.05, 3.63) is 59.8 Å². The third kappa shape index (κ3) is 2.20. The van der Waals surface area contributed by atoms with Crippen LogP contribution in [0.2, 0.25) is 5.02 Å². The predicted octanol–water partition coefficient (Wildman–Crippen LogP) is 3.23. The lowest BCUT2D eigenvalue weighted by molar-refractivity contribution is 0.878. The first-order chi connectivity index (χ1) is 10.8. The highest BCUT2D eigenvalue weighted by Crippen LogP contribution is 2.26. The molecule has 0 fully saturated rings. The average molecular weight is 329 g/mol. The third-order valence-corrected chi connectivity index (χ3v) is 4.10. The Morgan fingerprint density at radius 1 is 1.23 bits per heavy atom. The quantitative estimate of drug-likeness (QED) is 0.579. The lowest BCUT2D eigenvalue weighted by Crippen LogP contribution is -1.99. The fourth-order valence-corrected chi connectivity index (χ4v) is 2.98. The van der Waals surface area contributed by atoms with Crippen molar-refractivity contribution in [1.82, 2.24) is 28.7 Å². The van der Waals surface area contributed by atoms with Crippen LogP contribution in [0.4, 0.5) is 0 Å². The van der Waals surface area contributed by atoms with Crippen molar-refractivity contribution in [2.24, 2.45) is 0 Å². The molecule has 0 atom stereocenters. The molecule has 8 heteroatoms. The van der Waals surface area contributed by atoms with Gasteiger partial charge in [-0.3, -0.25) is 4.57 Å². The number of halogens is 1. The molecule has 0 aliphatic heterocycles. The molecule has 1 aromatic carbocycles. The van der Waals surface area contributed by atoms with Crippen LogP contribution in [0.1, 0.15) is 0 Å². The fraction of sp³-hybridized carbons (Fsp3) is 0. The highest BCUT2D eigenvalue weighted by molar-refractivity contribution is 7.03. The van der Waals surface area contributed by atoms with E-state index in [4.69, 9.17) is 11.6 Å². The molecule has 3 aromatic heterocycles. The van der Waals surface area contributed by atoms with Gasteiger partial charge in [0.2, 0.25) is 0 Å². The topological polar surface area (TPSA) is 61.4 Å². The van der Waals surface area contributed by atoms with Gasteiger partial charge in [-0.2, -0.15) is 5.10 Å². The van der Waals surface area contributed by atoms with E-state index in [-0.39, 0.29) is 0 Å². The Morgan fingerprint density at radius 2 is 2.18 bits per heavy atom. The highest BCUT2D eigenvalue weighted by atomic mass is 35.5. The maximum absolute atomic E-state index is 6.38. The molecule has 0 aliphatic carbocycles. The second-order valence-electron chi connectivity index (χ2n) is 4.51. The number of hydrogen-bond donors (Lipinski definition) is 0. The molecule has 0 unspecified atom stereocenters. The summed E-state index contributed by atoms with van der Waals surface area (Å²) in [6.07, 6.45) is 8.54. The average Bonchev–Trinajstić information content (AvgIpc) is 3.27. The molecule has 0 aliphatic rings. The molecule has 3 heterocycles. The van der Waals surface area contributed by atoms with Crippen molar-refractivity contribution >= 4 is 23.1 Å². The van der Waals surface area contributed by atoms with E-state index < -0.39 is 0 Å². The Balaban J connectivity index is 1.79. The summed E-state index contributed by atoms with van der Waals surface area (Å²) in [6, 6.07) is 5.75. The SMILES string of the molecule is Clc1cc(-n2ccnc2-c2cnsc2)ccc1-n1cncn1. The monoisotopic (exact) mass is 328 g/mol. The van der Waals surface area contributed by atoms with Crippen molar-refractivity contribution in [1.29, 1.82) is 0 Å². The van der Waals surface area contributed by atoms with Gasteiger partial charge in [-0.1, -0.05) is 11.6 Å². The normalized spacial score (nSPS) is 11.0. The smallest absolute Gasteiger partial charge is 0.146 e. The van der Waals surface area contributed by atoms with Crippen LogP contribution in [-0.2, 0) is 0 Å². The number of aromatic nitrogens is 6. The van der Waals surface area contributed by atoms with Crippen LogP contribution in [0.3, 0.4) is 0 Å². The summed E-state index contributed by atoms with van der Waals surface area (Å²) >= 11 is 7.78. The van der Waals surface area contributed by atoms with Gasteiger partial charge in [0.05, 0.1) is 16.9 Å². The standard InChI is InChI=1S/C14H9ClN6S/c15-12-5-11(1-2-13(12)21-9-16-8-18-21)20-4-3-17-14(20)10-6-19-22-7-10/h1-9H. The summed E-state index contributed by atoms with van der Waals surface area (Å²) in [5, 5.41) is 6.64. The van der Waals surface area contributed by atoms with Crippen LogP contribution >= 0.6 is 23.1 Å². The lowest BCUT2D eigenvalue weighted by atomic mass is 10.2. The molecule has 4 aromatic rings. The van der Waals surface area contributed by atoms with Gasteiger partial charge in [0.1, 0.15) is 18.5 Å². The van der Waals surface area contributed by atoms with Gasteiger partial charge in [0.15, 0.2) is 0 Å². The van der Waals surface area contributed by atoms with Gasteiger partial charge >= 0.3 is 0 Å². The number of hydrogen-bond acceptors (Lipinski definition) is 5. The first kappa shape index (κ1) is 13.2. The molecule has 0 radical (unpaired) electrons. The van der Waals surface area contributed by atoms with Gasteiger partial charge < -0.3 is 0 Å². The maximum Gasteiger partial charge on any atom is 0.146 e. The van der Waals surface area contributed by atoms with Crippen LogP contribution in [-0.4, -0.2) is 28.7 Å². The summed E-state index contributed by atoms with van der Waals surface area (Å²) in [5.41, 5.74) is 2.68. The van der Waals surface area contributed by atoms with Crippen LogP contribution in [0.15, 0.2) is 54.8 Å². The zero-order valence-electron chi connectivity index (χ0n) is 11.2. The second-order valence-corrected chi connectivity index (χ2v) is 5.57. The molecule has 4 rings (SSSR count). The van der Waals surface area contributed by atoms with E-state index in [1.807, 2.05) is 34.3 Å². The van der Waals surface area contributed by atoms with Crippen molar-refractivity contribution in [3.8, 4) is 22.8 Å². The van der Waals surface area contributed by atoms with E-state index in [0.717, 1.165) is 22.8 Å². The molecule has 108 valence electrons. The summed E-state index contributed by atoms with van der Waals surface area (Å²) < 4.78 is 7.72. The predicted molar refractivity (Wildman–Crippen MR) is 84.6 cm³/mol. The Hall–Kier alpha value is -2.51. The second kappa shape index (κ2) is 5.36. The molecule has 0 saturated heterocycles. The first-order valence-corrected chi connectivity index (χ1v) is 7.62. The minimum atomic E-state index is 0.589. The van der Waals surface area contributed by atoms with Crippen LogP contribution in [0.5, 0.6) is 0 Å². The molecule has 0 spiro atoms. The number of imidazole rings is 1. The van der Waals surface area contributed by atoms with E-state index in [0.29, 0.717) is 5.02 Å². The van der Waals surface area contributed by atoms with Crippen molar-refractivity contribution in [2.75, 3.05) is 0 Å². The van der Waals surface area contributed by atoms with E-state index in [1.165, 1.54) is 17.9 Å². The first-order valence-electron chi connectivity index (χ1n) is 6.41. The van der Waals surface area contributed by atoms with Gasteiger partial charge in [-0.05, 0) is 29.7 Å². The van der Waals surface area contributed by atoms with E-state index >= 15 is 0 Å². The Bertz CT molecular complexity index is 897. The van der Waals surface area contributed by atoms with Gasteiger partial charge in [0, 0.05) is 29.0 Å². The Morgan fingerprint density at radius 3 is 2.91 bits per heavy atom. The van der Waals surface area contributed by atoms with Crippen molar-refractivity contribution in [3.63, 3.8) is 0 Å².